The molecule has 0 spiro atoms. The number of benzene rings is 1. The van der Waals surface area contributed by atoms with Crippen molar-refractivity contribution in [3.63, 3.8) is 0 Å². The van der Waals surface area contributed by atoms with Crippen LogP contribution in [0.15, 0.2) is 39.4 Å². The Morgan fingerprint density at radius 1 is 1.38 bits per heavy atom. The van der Waals surface area contributed by atoms with Crippen molar-refractivity contribution in [1.82, 2.24) is 0 Å². The van der Waals surface area contributed by atoms with Gasteiger partial charge in [-0.3, -0.25) is 0 Å². The summed E-state index contributed by atoms with van der Waals surface area (Å²) in [5.74, 6) is 0.776. The van der Waals surface area contributed by atoms with Crippen LogP contribution in [-0.4, -0.2) is 0 Å². The molecule has 0 aliphatic carbocycles. The molecule has 1 heterocycles. The van der Waals surface area contributed by atoms with Gasteiger partial charge in [0.15, 0.2) is 0 Å². The maximum atomic E-state index is 6.16. The molecule has 1 aromatic heterocycles. The number of rotatable bonds is 2. The lowest BCUT2D eigenvalue weighted by Crippen LogP contribution is -2.05. The van der Waals surface area contributed by atoms with Crippen LogP contribution >= 0.6 is 27.5 Å². The van der Waals surface area contributed by atoms with Gasteiger partial charge in [-0.25, -0.2) is 0 Å². The zero-order chi connectivity index (χ0) is 11.7. The molecule has 0 aliphatic rings. The Kier molecular flexibility index (Phi) is 3.38. The lowest BCUT2D eigenvalue weighted by atomic mass is 10.1. The van der Waals surface area contributed by atoms with Crippen LogP contribution in [0, 0.1) is 0 Å². The second-order valence-electron chi connectivity index (χ2n) is 3.62. The predicted molar refractivity (Wildman–Crippen MR) is 69.5 cm³/mol. The number of hydrogen-bond donors (Lipinski definition) is 1. The minimum atomic E-state index is -0.0680. The van der Waals surface area contributed by atoms with E-state index in [-0.39, 0.29) is 6.04 Å². The Bertz CT molecular complexity index is 507. The summed E-state index contributed by atoms with van der Waals surface area (Å²) < 4.78 is 6.28. The van der Waals surface area contributed by atoms with Crippen LogP contribution in [0.2, 0.25) is 5.02 Å². The normalized spacial score (nSPS) is 12.8. The topological polar surface area (TPSA) is 39.2 Å². The fourth-order valence-corrected chi connectivity index (χ4v) is 2.32. The first-order valence-corrected chi connectivity index (χ1v) is 6.05. The van der Waals surface area contributed by atoms with Gasteiger partial charge in [0.05, 0.1) is 10.7 Å². The van der Waals surface area contributed by atoms with Crippen molar-refractivity contribution < 1.29 is 4.42 Å². The van der Waals surface area contributed by atoms with Crippen molar-refractivity contribution in [2.45, 2.75) is 13.0 Å². The zero-order valence-corrected chi connectivity index (χ0v) is 11.0. The van der Waals surface area contributed by atoms with Crippen LogP contribution in [0.3, 0.4) is 0 Å². The Morgan fingerprint density at radius 3 is 2.62 bits per heavy atom. The summed E-state index contributed by atoms with van der Waals surface area (Å²) >= 11 is 9.57. The molecule has 4 heteroatoms. The highest BCUT2D eigenvalue weighted by Gasteiger charge is 2.10. The van der Waals surface area contributed by atoms with Crippen molar-refractivity contribution >= 4 is 27.5 Å². The maximum Gasteiger partial charge on any atom is 0.148 e. The summed E-state index contributed by atoms with van der Waals surface area (Å²) in [5.41, 5.74) is 7.67. The lowest BCUT2D eigenvalue weighted by Gasteiger charge is -2.09. The largest absolute Gasteiger partial charge is 0.463 e. The molecule has 1 atom stereocenters. The Labute approximate surface area is 108 Å². The molecule has 0 aliphatic heterocycles. The molecular weight excluding hydrogens is 289 g/mol. The molecule has 2 nitrogen and oxygen atoms in total. The molecule has 2 rings (SSSR count). The fraction of sp³-hybridized carbons (Fsp3) is 0.167. The molecule has 0 bridgehead atoms. The highest BCUT2D eigenvalue weighted by atomic mass is 79.9. The van der Waals surface area contributed by atoms with Crippen molar-refractivity contribution in [1.29, 1.82) is 0 Å². The molecule has 0 saturated heterocycles. The summed E-state index contributed by atoms with van der Waals surface area (Å²) in [5, 5.41) is 0.663. The smallest absolute Gasteiger partial charge is 0.148 e. The molecule has 0 fully saturated rings. The van der Waals surface area contributed by atoms with E-state index in [9.17, 15) is 0 Å². The Balaban J connectivity index is 2.46. The fourth-order valence-electron chi connectivity index (χ4n) is 1.54. The number of furan rings is 1. The first kappa shape index (κ1) is 11.7. The minimum Gasteiger partial charge on any atom is -0.463 e. The summed E-state index contributed by atoms with van der Waals surface area (Å²) in [6.45, 7) is 1.91. The quantitative estimate of drug-likeness (QED) is 0.894. The molecule has 0 radical (unpaired) electrons. The van der Waals surface area contributed by atoms with Gasteiger partial charge < -0.3 is 10.2 Å². The van der Waals surface area contributed by atoms with E-state index in [2.05, 4.69) is 15.9 Å². The molecule has 1 unspecified atom stereocenters. The van der Waals surface area contributed by atoms with Crippen LogP contribution in [0.25, 0.3) is 11.3 Å². The van der Waals surface area contributed by atoms with Gasteiger partial charge in [-0.15, -0.1) is 0 Å². The predicted octanol–water partition coefficient (Wildman–Crippen LogP) is 4.38. The summed E-state index contributed by atoms with van der Waals surface area (Å²) in [6.07, 6.45) is 1.63. The van der Waals surface area contributed by atoms with Gasteiger partial charge in [-0.05, 0) is 40.5 Å². The third-order valence-corrected chi connectivity index (χ3v) is 3.32. The molecule has 1 aromatic carbocycles. The summed E-state index contributed by atoms with van der Waals surface area (Å²) in [6, 6.07) is 7.53. The van der Waals surface area contributed by atoms with E-state index in [1.807, 2.05) is 31.2 Å². The standard InChI is InChI=1S/C12H11BrClNO/c1-7(15)9-3-2-8(6-11(9)14)12-10(13)4-5-16-12/h2-7H,15H2,1H3. The minimum absolute atomic E-state index is 0.0680. The van der Waals surface area contributed by atoms with Gasteiger partial charge in [0.2, 0.25) is 0 Å². The van der Waals surface area contributed by atoms with Crippen LogP contribution in [0.4, 0.5) is 0 Å². The second kappa shape index (κ2) is 4.62. The Hall–Kier alpha value is -0.770. The van der Waals surface area contributed by atoms with E-state index < -0.39 is 0 Å². The van der Waals surface area contributed by atoms with E-state index >= 15 is 0 Å². The highest BCUT2D eigenvalue weighted by Crippen LogP contribution is 2.33. The Morgan fingerprint density at radius 2 is 2.12 bits per heavy atom. The van der Waals surface area contributed by atoms with Gasteiger partial charge in [0, 0.05) is 16.6 Å². The molecule has 2 aromatic rings. The lowest BCUT2D eigenvalue weighted by molar-refractivity contribution is 0.581. The SMILES string of the molecule is CC(N)c1ccc(-c2occc2Br)cc1Cl. The van der Waals surface area contributed by atoms with E-state index in [1.54, 1.807) is 6.26 Å². The summed E-state index contributed by atoms with van der Waals surface area (Å²) in [7, 11) is 0. The highest BCUT2D eigenvalue weighted by molar-refractivity contribution is 9.10. The molecule has 84 valence electrons. The zero-order valence-electron chi connectivity index (χ0n) is 8.71. The van der Waals surface area contributed by atoms with Crippen LogP contribution in [0.1, 0.15) is 18.5 Å². The first-order valence-electron chi connectivity index (χ1n) is 4.88. The number of halogens is 2. The van der Waals surface area contributed by atoms with Crippen LogP contribution in [-0.2, 0) is 0 Å². The van der Waals surface area contributed by atoms with Gasteiger partial charge in [-0.2, -0.15) is 0 Å². The third-order valence-electron chi connectivity index (χ3n) is 2.37. The van der Waals surface area contributed by atoms with Gasteiger partial charge in [-0.1, -0.05) is 23.7 Å². The first-order chi connectivity index (χ1) is 7.59. The van der Waals surface area contributed by atoms with E-state index in [0.29, 0.717) is 5.02 Å². The average molecular weight is 301 g/mol. The van der Waals surface area contributed by atoms with Crippen molar-refractivity contribution in [3.8, 4) is 11.3 Å². The monoisotopic (exact) mass is 299 g/mol. The van der Waals surface area contributed by atoms with Crippen molar-refractivity contribution in [3.05, 3.63) is 45.6 Å². The van der Waals surface area contributed by atoms with E-state index in [1.165, 1.54) is 0 Å². The third kappa shape index (κ3) is 2.17. The maximum absolute atomic E-state index is 6.16. The van der Waals surface area contributed by atoms with Crippen LogP contribution in [0.5, 0.6) is 0 Å². The number of hydrogen-bond acceptors (Lipinski definition) is 2. The van der Waals surface area contributed by atoms with Gasteiger partial charge >= 0.3 is 0 Å². The molecule has 0 amide bonds. The second-order valence-corrected chi connectivity index (χ2v) is 4.88. The van der Waals surface area contributed by atoms with E-state index in [4.69, 9.17) is 21.8 Å². The summed E-state index contributed by atoms with van der Waals surface area (Å²) in [4.78, 5) is 0. The molecular formula is C12H11BrClNO. The number of nitrogens with two attached hydrogens (primary N) is 1. The van der Waals surface area contributed by atoms with Crippen molar-refractivity contribution in [2.24, 2.45) is 5.73 Å². The average Bonchev–Trinajstić information content (AvgIpc) is 2.63. The van der Waals surface area contributed by atoms with Gasteiger partial charge in [0.25, 0.3) is 0 Å². The molecule has 0 saturated carbocycles. The molecule has 16 heavy (non-hydrogen) atoms. The van der Waals surface area contributed by atoms with Crippen LogP contribution < -0.4 is 5.73 Å². The van der Waals surface area contributed by atoms with E-state index in [0.717, 1.165) is 21.4 Å². The van der Waals surface area contributed by atoms with Crippen molar-refractivity contribution in [2.75, 3.05) is 0 Å². The molecule has 2 N–H and O–H groups in total. The van der Waals surface area contributed by atoms with Gasteiger partial charge in [0.1, 0.15) is 5.76 Å².